The Morgan fingerprint density at radius 3 is 2.68 bits per heavy atom. The molecule has 0 radical (unpaired) electrons. The van der Waals surface area contributed by atoms with Gasteiger partial charge >= 0.3 is 0 Å². The van der Waals surface area contributed by atoms with Crippen molar-refractivity contribution in [2.75, 3.05) is 24.6 Å². The van der Waals surface area contributed by atoms with Crippen molar-refractivity contribution in [1.82, 2.24) is 10.4 Å². The van der Waals surface area contributed by atoms with Crippen LogP contribution in [0.5, 0.6) is 0 Å². The summed E-state index contributed by atoms with van der Waals surface area (Å²) < 4.78 is 0. The van der Waals surface area contributed by atoms with Crippen molar-refractivity contribution in [3.8, 4) is 0 Å². The molecule has 1 N–H and O–H groups in total. The lowest BCUT2D eigenvalue weighted by molar-refractivity contribution is -0.117. The number of piperidine rings is 1. The molecule has 180 valence electrons. The van der Waals surface area contributed by atoms with Gasteiger partial charge in [0.2, 0.25) is 0 Å². The molecule has 0 spiro atoms. The van der Waals surface area contributed by atoms with Crippen LogP contribution in [0.4, 0.5) is 11.4 Å². The molecule has 0 aromatic heterocycles. The van der Waals surface area contributed by atoms with Crippen molar-refractivity contribution >= 4 is 23.0 Å². The molecule has 2 aromatic rings. The van der Waals surface area contributed by atoms with E-state index in [0.717, 1.165) is 30.8 Å². The topological polar surface area (TPSA) is 81.9 Å². The van der Waals surface area contributed by atoms with Crippen LogP contribution < -0.4 is 10.5 Å². The fourth-order valence-electron chi connectivity index (χ4n) is 4.28. The predicted molar refractivity (Wildman–Crippen MR) is 134 cm³/mol. The maximum Gasteiger partial charge on any atom is 0.280 e. The highest BCUT2D eigenvalue weighted by atomic mass is 16.6. The zero-order valence-corrected chi connectivity index (χ0v) is 20.1. The lowest BCUT2D eigenvalue weighted by Crippen LogP contribution is -2.38. The molecule has 2 aliphatic heterocycles. The molecule has 0 bridgehead atoms. The first-order valence-corrected chi connectivity index (χ1v) is 12.1. The Bertz CT molecular complexity index is 992. The molecule has 0 saturated carbocycles. The molecule has 2 unspecified atom stereocenters. The van der Waals surface area contributed by atoms with Gasteiger partial charge in [-0.25, -0.2) is 5.48 Å². The van der Waals surface area contributed by atoms with Crippen LogP contribution in [0.15, 0.2) is 69.9 Å². The van der Waals surface area contributed by atoms with Crippen LogP contribution in [0.1, 0.15) is 45.1 Å². The average molecular weight is 463 g/mol. The van der Waals surface area contributed by atoms with Crippen molar-refractivity contribution in [1.29, 1.82) is 0 Å². The number of anilines is 1. The van der Waals surface area contributed by atoms with E-state index in [1.165, 1.54) is 30.8 Å². The van der Waals surface area contributed by atoms with Crippen LogP contribution in [-0.4, -0.2) is 48.2 Å². The van der Waals surface area contributed by atoms with Gasteiger partial charge in [-0.3, -0.25) is 9.63 Å². The summed E-state index contributed by atoms with van der Waals surface area (Å²) in [6.45, 7) is 7.78. The van der Waals surface area contributed by atoms with Gasteiger partial charge < -0.3 is 4.90 Å². The first-order valence-electron chi connectivity index (χ1n) is 12.1. The maximum atomic E-state index is 12.7. The number of carbonyl (C=O) groups excluding carboxylic acids is 1. The van der Waals surface area contributed by atoms with Crippen molar-refractivity contribution < 1.29 is 9.63 Å². The summed E-state index contributed by atoms with van der Waals surface area (Å²) in [6.07, 6.45) is 5.07. The molecular weight excluding hydrogens is 428 g/mol. The summed E-state index contributed by atoms with van der Waals surface area (Å²) in [4.78, 5) is 20.9. The van der Waals surface area contributed by atoms with Crippen molar-refractivity contribution in [3.63, 3.8) is 0 Å². The van der Waals surface area contributed by atoms with Gasteiger partial charge in [-0.15, -0.1) is 0 Å². The van der Waals surface area contributed by atoms with Crippen molar-refractivity contribution in [2.45, 2.75) is 58.2 Å². The second-order valence-electron chi connectivity index (χ2n) is 8.93. The Labute approximate surface area is 201 Å². The van der Waals surface area contributed by atoms with E-state index in [1.807, 2.05) is 54.6 Å². The maximum absolute atomic E-state index is 12.7. The molecule has 2 atom stereocenters. The number of azo groups is 1. The molecule has 1 saturated heterocycles. The zero-order chi connectivity index (χ0) is 23.8. The predicted octanol–water partition coefficient (Wildman–Crippen LogP) is 4.85. The highest BCUT2D eigenvalue weighted by molar-refractivity contribution is 6.18. The Balaban J connectivity index is 1.19. The van der Waals surface area contributed by atoms with Gasteiger partial charge in [0.15, 0.2) is 6.04 Å². The molecule has 2 heterocycles. The Hall–Kier alpha value is -2.94. The average Bonchev–Trinajstić information content (AvgIpc) is 3.15. The molecule has 8 heteroatoms. The molecule has 1 fully saturated rings. The first-order chi connectivity index (χ1) is 16.6. The van der Waals surface area contributed by atoms with Crippen LogP contribution in [0.2, 0.25) is 0 Å². The number of nitrogens with zero attached hydrogens (tertiary/aromatic N) is 5. The van der Waals surface area contributed by atoms with Crippen LogP contribution in [0, 0.1) is 0 Å². The minimum absolute atomic E-state index is 0.196. The third kappa shape index (κ3) is 6.34. The fourth-order valence-corrected chi connectivity index (χ4v) is 4.28. The molecule has 0 aliphatic carbocycles. The standard InChI is InChI=1S/C26H34N6O2/c1-20-9-6-7-17-31(20)18-8-16-27-34-19-22-12-14-23(15-13-22)28-29-25-21(2)30-32(26(25)33)24-10-4-3-5-11-24/h3-5,10-15,20,25,27H,6-9,16-19H2,1-2H3. The summed E-state index contributed by atoms with van der Waals surface area (Å²) in [5, 5.41) is 14.3. The summed E-state index contributed by atoms with van der Waals surface area (Å²) in [5.74, 6) is -0.196. The molecule has 1 amide bonds. The molecule has 4 rings (SSSR count). The van der Waals surface area contributed by atoms with Crippen molar-refractivity contribution in [2.24, 2.45) is 15.3 Å². The number of carbonyl (C=O) groups is 1. The molecule has 2 aromatic carbocycles. The number of hydrogen-bond donors (Lipinski definition) is 1. The van der Waals surface area contributed by atoms with Crippen molar-refractivity contribution in [3.05, 3.63) is 60.2 Å². The van der Waals surface area contributed by atoms with E-state index in [4.69, 9.17) is 4.84 Å². The van der Waals surface area contributed by atoms with E-state index in [-0.39, 0.29) is 5.91 Å². The Morgan fingerprint density at radius 2 is 1.91 bits per heavy atom. The van der Waals surface area contributed by atoms with E-state index < -0.39 is 6.04 Å². The number of likely N-dealkylation sites (tertiary alicyclic amines) is 1. The van der Waals surface area contributed by atoms with Crippen LogP contribution >= 0.6 is 0 Å². The number of nitrogens with one attached hydrogen (secondary N) is 1. The number of rotatable bonds is 10. The number of para-hydroxylation sites is 1. The van der Waals surface area contributed by atoms with E-state index >= 15 is 0 Å². The van der Waals surface area contributed by atoms with Gasteiger partial charge in [0.05, 0.1) is 23.7 Å². The van der Waals surface area contributed by atoms with Gasteiger partial charge in [0, 0.05) is 12.6 Å². The van der Waals surface area contributed by atoms with E-state index in [1.54, 1.807) is 6.92 Å². The van der Waals surface area contributed by atoms with Gasteiger partial charge in [-0.2, -0.15) is 20.3 Å². The van der Waals surface area contributed by atoms with Crippen LogP contribution in [0.25, 0.3) is 0 Å². The van der Waals surface area contributed by atoms with Crippen LogP contribution in [-0.2, 0) is 16.2 Å². The number of amides is 1. The summed E-state index contributed by atoms with van der Waals surface area (Å²) in [7, 11) is 0. The Morgan fingerprint density at radius 1 is 1.12 bits per heavy atom. The van der Waals surface area contributed by atoms with Gasteiger partial charge in [0.1, 0.15) is 0 Å². The smallest absolute Gasteiger partial charge is 0.280 e. The molecule has 8 nitrogen and oxygen atoms in total. The van der Waals surface area contributed by atoms with Gasteiger partial charge in [0.25, 0.3) is 5.91 Å². The number of benzene rings is 2. The summed E-state index contributed by atoms with van der Waals surface area (Å²) >= 11 is 0. The summed E-state index contributed by atoms with van der Waals surface area (Å²) in [6, 6.07) is 17.0. The second-order valence-corrected chi connectivity index (χ2v) is 8.93. The second kappa shape index (κ2) is 12.0. The van der Waals surface area contributed by atoms with Gasteiger partial charge in [-0.1, -0.05) is 36.8 Å². The zero-order valence-electron chi connectivity index (χ0n) is 20.1. The lowest BCUT2D eigenvalue weighted by atomic mass is 10.0. The number of hydroxylamine groups is 1. The fraction of sp³-hybridized carbons (Fsp3) is 0.462. The Kier molecular flexibility index (Phi) is 8.51. The third-order valence-electron chi connectivity index (χ3n) is 6.33. The quantitative estimate of drug-likeness (QED) is 0.311. The molecule has 34 heavy (non-hydrogen) atoms. The SMILES string of the molecule is CC1=NN(c2ccccc2)C(=O)C1N=Nc1ccc(CONCCCN2CCCCC2C)cc1. The monoisotopic (exact) mass is 462 g/mol. The summed E-state index contributed by atoms with van der Waals surface area (Å²) in [5.41, 5.74) is 6.15. The molecule has 2 aliphatic rings. The normalized spacial score (nSPS) is 21.4. The third-order valence-corrected chi connectivity index (χ3v) is 6.33. The lowest BCUT2D eigenvalue weighted by Gasteiger charge is -2.33. The highest BCUT2D eigenvalue weighted by Crippen LogP contribution is 2.23. The van der Waals surface area contributed by atoms with E-state index in [9.17, 15) is 4.79 Å². The highest BCUT2D eigenvalue weighted by Gasteiger charge is 2.34. The first kappa shape index (κ1) is 24.2. The largest absolute Gasteiger partial charge is 0.301 e. The minimum Gasteiger partial charge on any atom is -0.301 e. The number of hydrogen-bond acceptors (Lipinski definition) is 7. The van der Waals surface area contributed by atoms with Gasteiger partial charge in [-0.05, 0) is 76.0 Å². The van der Waals surface area contributed by atoms with E-state index in [2.05, 4.69) is 32.6 Å². The minimum atomic E-state index is -0.694. The van der Waals surface area contributed by atoms with Crippen LogP contribution in [0.3, 0.4) is 0 Å². The molecular formula is C26H34N6O2. The number of hydrazone groups is 1. The van der Waals surface area contributed by atoms with E-state index in [0.29, 0.717) is 24.0 Å².